The van der Waals surface area contributed by atoms with Gasteiger partial charge in [0.1, 0.15) is 0 Å². The van der Waals surface area contributed by atoms with Crippen LogP contribution in [-0.2, 0) is 14.8 Å². The van der Waals surface area contributed by atoms with E-state index in [0.29, 0.717) is 16.9 Å². The van der Waals surface area contributed by atoms with Gasteiger partial charge in [0.2, 0.25) is 15.9 Å². The number of rotatable bonds is 6. The predicted molar refractivity (Wildman–Crippen MR) is 93.0 cm³/mol. The second kappa shape index (κ2) is 7.62. The van der Waals surface area contributed by atoms with Gasteiger partial charge < -0.3 is 5.32 Å². The number of nitrogens with zero attached hydrogens (tertiary/aromatic N) is 2. The van der Waals surface area contributed by atoms with Crippen LogP contribution in [0.4, 0.5) is 11.4 Å². The number of anilines is 2. The molecular weight excluding hydrogens is 326 g/mol. The predicted octanol–water partition coefficient (Wildman–Crippen LogP) is 2.35. The molecule has 0 heterocycles. The molecule has 0 saturated carbocycles. The fraction of sp³-hybridized carbons (Fsp3) is 0.176. The Kier molecular flexibility index (Phi) is 5.55. The van der Waals surface area contributed by atoms with Crippen molar-refractivity contribution < 1.29 is 13.2 Å². The molecule has 0 bridgehead atoms. The molecule has 0 fully saturated rings. The van der Waals surface area contributed by atoms with Crippen LogP contribution in [-0.4, -0.2) is 27.1 Å². The number of benzene rings is 2. The van der Waals surface area contributed by atoms with E-state index in [0.717, 1.165) is 6.26 Å². The summed E-state index contributed by atoms with van der Waals surface area (Å²) >= 11 is 0. The van der Waals surface area contributed by atoms with Crippen LogP contribution in [0.2, 0.25) is 0 Å². The van der Waals surface area contributed by atoms with E-state index in [2.05, 4.69) is 5.32 Å². The minimum atomic E-state index is -3.49. The third-order valence-electron chi connectivity index (χ3n) is 3.26. The summed E-state index contributed by atoms with van der Waals surface area (Å²) < 4.78 is 25.1. The lowest BCUT2D eigenvalue weighted by Crippen LogP contribution is -2.33. The van der Waals surface area contributed by atoms with Gasteiger partial charge in [-0.05, 0) is 30.3 Å². The van der Waals surface area contributed by atoms with Crippen molar-refractivity contribution in [3.05, 3.63) is 60.2 Å². The Bertz CT molecular complexity index is 858. The summed E-state index contributed by atoms with van der Waals surface area (Å²) in [6.07, 6.45) is 1.10. The van der Waals surface area contributed by atoms with Gasteiger partial charge in [-0.15, -0.1) is 0 Å². The molecule has 24 heavy (non-hydrogen) atoms. The van der Waals surface area contributed by atoms with E-state index in [1.807, 2.05) is 6.07 Å². The standard InChI is InChI=1S/C17H17N3O3S/c1-24(22,23)20(16-8-3-2-4-9-16)11-10-17(21)19-15-7-5-6-14(12-15)13-18/h2-9,12H,10-11H2,1H3,(H,19,21). The normalized spacial score (nSPS) is 10.7. The quantitative estimate of drug-likeness (QED) is 0.872. The highest BCUT2D eigenvalue weighted by Gasteiger charge is 2.18. The summed E-state index contributed by atoms with van der Waals surface area (Å²) in [7, 11) is -3.49. The molecule has 7 heteroatoms. The fourth-order valence-corrected chi connectivity index (χ4v) is 3.10. The monoisotopic (exact) mass is 343 g/mol. The topological polar surface area (TPSA) is 90.3 Å². The molecule has 0 radical (unpaired) electrons. The van der Waals surface area contributed by atoms with Crippen LogP contribution in [0.3, 0.4) is 0 Å². The number of carbonyl (C=O) groups excluding carboxylic acids is 1. The van der Waals surface area contributed by atoms with Crippen LogP contribution in [0.5, 0.6) is 0 Å². The molecule has 2 rings (SSSR count). The Morgan fingerprint density at radius 2 is 1.88 bits per heavy atom. The molecule has 1 amide bonds. The number of amides is 1. The minimum absolute atomic E-state index is 0.00124. The largest absolute Gasteiger partial charge is 0.326 e. The van der Waals surface area contributed by atoms with E-state index in [-0.39, 0.29) is 18.9 Å². The maximum Gasteiger partial charge on any atom is 0.232 e. The van der Waals surface area contributed by atoms with E-state index in [4.69, 9.17) is 5.26 Å². The number of nitriles is 1. The third kappa shape index (κ3) is 4.83. The van der Waals surface area contributed by atoms with Gasteiger partial charge in [-0.2, -0.15) is 5.26 Å². The van der Waals surface area contributed by atoms with Gasteiger partial charge in [0.15, 0.2) is 0 Å². The zero-order valence-electron chi connectivity index (χ0n) is 13.1. The Balaban J connectivity index is 2.04. The van der Waals surface area contributed by atoms with Crippen LogP contribution in [0, 0.1) is 11.3 Å². The average molecular weight is 343 g/mol. The highest BCUT2D eigenvalue weighted by molar-refractivity contribution is 7.92. The second-order valence-electron chi connectivity index (χ2n) is 5.16. The van der Waals surface area contributed by atoms with Crippen molar-refractivity contribution in [2.45, 2.75) is 6.42 Å². The van der Waals surface area contributed by atoms with E-state index < -0.39 is 10.0 Å². The number of hydrogen-bond donors (Lipinski definition) is 1. The van der Waals surface area contributed by atoms with Crippen molar-refractivity contribution in [3.8, 4) is 6.07 Å². The third-order valence-corrected chi connectivity index (χ3v) is 4.46. The summed E-state index contributed by atoms with van der Waals surface area (Å²) in [4.78, 5) is 12.1. The number of hydrogen-bond acceptors (Lipinski definition) is 4. The first kappa shape index (κ1) is 17.5. The zero-order chi connectivity index (χ0) is 17.6. The van der Waals surface area contributed by atoms with Crippen LogP contribution in [0.15, 0.2) is 54.6 Å². The molecule has 1 N–H and O–H groups in total. The first-order chi connectivity index (χ1) is 11.4. The second-order valence-corrected chi connectivity index (χ2v) is 7.07. The fourth-order valence-electron chi connectivity index (χ4n) is 2.17. The van der Waals surface area contributed by atoms with Crippen LogP contribution in [0.1, 0.15) is 12.0 Å². The molecule has 0 aromatic heterocycles. The molecule has 6 nitrogen and oxygen atoms in total. The Labute approximate surface area is 141 Å². The molecule has 0 aliphatic carbocycles. The summed E-state index contributed by atoms with van der Waals surface area (Å²) in [5, 5.41) is 11.5. The van der Waals surface area contributed by atoms with Gasteiger partial charge in [-0.3, -0.25) is 9.10 Å². The summed E-state index contributed by atoms with van der Waals surface area (Å²) in [5.74, 6) is -0.324. The van der Waals surface area contributed by atoms with Gasteiger partial charge in [-0.25, -0.2) is 8.42 Å². The summed E-state index contributed by atoms with van der Waals surface area (Å²) in [6, 6.07) is 17.1. The van der Waals surface area contributed by atoms with Crippen molar-refractivity contribution in [1.82, 2.24) is 0 Å². The van der Waals surface area contributed by atoms with Crippen molar-refractivity contribution in [2.75, 3.05) is 22.4 Å². The molecule has 0 aliphatic rings. The maximum absolute atomic E-state index is 12.1. The van der Waals surface area contributed by atoms with Gasteiger partial charge in [-0.1, -0.05) is 24.3 Å². The highest BCUT2D eigenvalue weighted by atomic mass is 32.2. The lowest BCUT2D eigenvalue weighted by Gasteiger charge is -2.22. The minimum Gasteiger partial charge on any atom is -0.326 e. The molecule has 2 aromatic rings. The summed E-state index contributed by atoms with van der Waals surface area (Å²) in [6.45, 7) is 0.0343. The number of nitrogens with one attached hydrogen (secondary N) is 1. The van der Waals surface area contributed by atoms with Crippen LogP contribution >= 0.6 is 0 Å². The first-order valence-electron chi connectivity index (χ1n) is 7.23. The van der Waals surface area contributed by atoms with Gasteiger partial charge in [0.05, 0.1) is 23.6 Å². The first-order valence-corrected chi connectivity index (χ1v) is 9.08. The number of carbonyl (C=O) groups is 1. The van der Waals surface area contributed by atoms with E-state index in [1.165, 1.54) is 4.31 Å². The molecule has 0 unspecified atom stereocenters. The van der Waals surface area contributed by atoms with Crippen molar-refractivity contribution in [3.63, 3.8) is 0 Å². The summed E-state index contributed by atoms with van der Waals surface area (Å²) in [5.41, 5.74) is 1.46. The Hall–Kier alpha value is -2.85. The smallest absolute Gasteiger partial charge is 0.232 e. The molecule has 0 spiro atoms. The molecule has 2 aromatic carbocycles. The molecule has 124 valence electrons. The number of sulfonamides is 1. The maximum atomic E-state index is 12.1. The van der Waals surface area contributed by atoms with E-state index in [9.17, 15) is 13.2 Å². The lowest BCUT2D eigenvalue weighted by molar-refractivity contribution is -0.116. The molecule has 0 saturated heterocycles. The van der Waals surface area contributed by atoms with Crippen molar-refractivity contribution in [2.24, 2.45) is 0 Å². The van der Waals surface area contributed by atoms with Crippen LogP contribution < -0.4 is 9.62 Å². The van der Waals surface area contributed by atoms with Crippen LogP contribution in [0.25, 0.3) is 0 Å². The highest BCUT2D eigenvalue weighted by Crippen LogP contribution is 2.17. The Morgan fingerprint density at radius 3 is 2.50 bits per heavy atom. The van der Waals surface area contributed by atoms with Gasteiger partial charge in [0, 0.05) is 18.7 Å². The molecular formula is C17H17N3O3S. The van der Waals surface area contributed by atoms with Crippen molar-refractivity contribution >= 4 is 27.3 Å². The average Bonchev–Trinajstić information content (AvgIpc) is 2.55. The van der Waals surface area contributed by atoms with E-state index >= 15 is 0 Å². The SMILES string of the molecule is CS(=O)(=O)N(CCC(=O)Nc1cccc(C#N)c1)c1ccccc1. The number of para-hydroxylation sites is 1. The van der Waals surface area contributed by atoms with Gasteiger partial charge >= 0.3 is 0 Å². The lowest BCUT2D eigenvalue weighted by atomic mass is 10.2. The molecule has 0 atom stereocenters. The zero-order valence-corrected chi connectivity index (χ0v) is 14.0. The Morgan fingerprint density at radius 1 is 1.17 bits per heavy atom. The van der Waals surface area contributed by atoms with Crippen molar-refractivity contribution in [1.29, 1.82) is 5.26 Å². The van der Waals surface area contributed by atoms with Gasteiger partial charge in [0.25, 0.3) is 0 Å². The van der Waals surface area contributed by atoms with E-state index in [1.54, 1.807) is 54.6 Å². The molecule has 0 aliphatic heterocycles.